The monoisotopic (exact) mass is 569 g/mol. The average molecular weight is 570 g/mol. The van der Waals surface area contributed by atoms with Gasteiger partial charge in [0.2, 0.25) is 0 Å². The summed E-state index contributed by atoms with van der Waals surface area (Å²) >= 11 is 2.16. The molecule has 214 valence electrons. The Hall–Kier alpha value is -1.97. The molecule has 0 atom stereocenters. The van der Waals surface area contributed by atoms with Gasteiger partial charge in [0.15, 0.2) is 0 Å². The van der Waals surface area contributed by atoms with E-state index in [-0.39, 0.29) is 0 Å². The minimum absolute atomic E-state index is 0.577. The van der Waals surface area contributed by atoms with Gasteiger partial charge in [-0.25, -0.2) is 0 Å². The van der Waals surface area contributed by atoms with E-state index in [1.807, 2.05) is 4.50 Å². The number of aryl methyl sites for hydroxylation is 1. The van der Waals surface area contributed by atoms with Crippen molar-refractivity contribution in [2.24, 2.45) is 11.8 Å². The summed E-state index contributed by atoms with van der Waals surface area (Å²) < 4.78 is 3.24. The van der Waals surface area contributed by atoms with E-state index in [0.717, 1.165) is 17.4 Å². The third kappa shape index (κ3) is 5.58. The van der Waals surface area contributed by atoms with Gasteiger partial charge in [0.1, 0.15) is 8.07 Å². The Morgan fingerprint density at radius 1 is 0.875 bits per heavy atom. The van der Waals surface area contributed by atoms with Crippen molar-refractivity contribution in [1.82, 2.24) is 4.98 Å². The van der Waals surface area contributed by atoms with Crippen molar-refractivity contribution in [1.29, 1.82) is 0 Å². The molecule has 1 aliphatic carbocycles. The summed E-state index contributed by atoms with van der Waals surface area (Å²) in [6.07, 6.45) is 11.6. The van der Waals surface area contributed by atoms with Crippen molar-refractivity contribution < 1.29 is 0 Å². The SMILES string of the molecule is CCC(CC)c1cc(-c2nccc3c(C)c([Si](CC(C)C)(CC(C)C)C4CCCCC4)sc23)cc2ccccc12. The average Bonchev–Trinajstić information content (AvgIpc) is 3.30. The minimum Gasteiger partial charge on any atom is -0.255 e. The van der Waals surface area contributed by atoms with Crippen molar-refractivity contribution in [2.45, 2.75) is 117 Å². The molecule has 2 aromatic carbocycles. The summed E-state index contributed by atoms with van der Waals surface area (Å²) in [5.41, 5.74) is 6.52. The van der Waals surface area contributed by atoms with Crippen LogP contribution in [0.2, 0.25) is 17.6 Å². The van der Waals surface area contributed by atoms with Crippen molar-refractivity contribution in [3.8, 4) is 11.3 Å². The van der Waals surface area contributed by atoms with Crippen LogP contribution >= 0.6 is 11.3 Å². The van der Waals surface area contributed by atoms with Crippen LogP contribution in [0, 0.1) is 18.8 Å². The Kier molecular flexibility index (Phi) is 9.22. The molecule has 2 aromatic heterocycles. The number of aromatic nitrogens is 1. The predicted octanol–water partition coefficient (Wildman–Crippen LogP) is 11.6. The Morgan fingerprint density at radius 3 is 2.20 bits per heavy atom. The lowest BCUT2D eigenvalue weighted by Gasteiger charge is -2.43. The van der Waals surface area contributed by atoms with Gasteiger partial charge >= 0.3 is 0 Å². The largest absolute Gasteiger partial charge is 0.255 e. The van der Waals surface area contributed by atoms with Gasteiger partial charge in [0.05, 0.1) is 10.4 Å². The van der Waals surface area contributed by atoms with Gasteiger partial charge in [-0.2, -0.15) is 0 Å². The molecular formula is C37H51NSSi. The van der Waals surface area contributed by atoms with E-state index in [4.69, 9.17) is 4.98 Å². The molecule has 5 rings (SSSR count). The number of hydrogen-bond acceptors (Lipinski definition) is 2. The molecule has 4 aromatic rings. The number of hydrogen-bond donors (Lipinski definition) is 0. The van der Waals surface area contributed by atoms with Crippen LogP contribution in [-0.4, -0.2) is 13.1 Å². The molecule has 0 N–H and O–H groups in total. The van der Waals surface area contributed by atoms with Gasteiger partial charge in [0, 0.05) is 11.8 Å². The number of rotatable bonds is 10. The fourth-order valence-corrected chi connectivity index (χ4v) is 18.3. The lowest BCUT2D eigenvalue weighted by atomic mass is 9.87. The Labute approximate surface area is 248 Å². The summed E-state index contributed by atoms with van der Waals surface area (Å²) in [6, 6.07) is 19.1. The maximum atomic E-state index is 5.13. The number of benzene rings is 2. The van der Waals surface area contributed by atoms with Crippen LogP contribution < -0.4 is 4.50 Å². The molecule has 0 spiro atoms. The van der Waals surface area contributed by atoms with E-state index in [9.17, 15) is 0 Å². The van der Waals surface area contributed by atoms with Gasteiger partial charge in [0.25, 0.3) is 0 Å². The van der Waals surface area contributed by atoms with Gasteiger partial charge in [-0.15, -0.1) is 11.3 Å². The molecule has 1 fully saturated rings. The topological polar surface area (TPSA) is 12.9 Å². The predicted molar refractivity (Wildman–Crippen MR) is 182 cm³/mol. The molecular weight excluding hydrogens is 519 g/mol. The highest BCUT2D eigenvalue weighted by Crippen LogP contribution is 2.47. The maximum Gasteiger partial charge on any atom is 0.103 e. The summed E-state index contributed by atoms with van der Waals surface area (Å²) in [7, 11) is -1.74. The highest BCUT2D eigenvalue weighted by Gasteiger charge is 2.46. The molecule has 0 bridgehead atoms. The van der Waals surface area contributed by atoms with Gasteiger partial charge in [-0.1, -0.05) is 97.9 Å². The molecule has 40 heavy (non-hydrogen) atoms. The molecule has 3 heteroatoms. The summed E-state index contributed by atoms with van der Waals surface area (Å²) in [5, 5.41) is 4.22. The van der Waals surface area contributed by atoms with Crippen LogP contribution in [-0.2, 0) is 0 Å². The smallest absolute Gasteiger partial charge is 0.103 e. The fraction of sp³-hybridized carbons (Fsp3) is 0.541. The zero-order valence-corrected chi connectivity index (χ0v) is 28.0. The van der Waals surface area contributed by atoms with E-state index >= 15 is 0 Å². The van der Waals surface area contributed by atoms with Gasteiger partial charge in [-0.3, -0.25) is 4.98 Å². The molecule has 0 radical (unpaired) electrons. The lowest BCUT2D eigenvalue weighted by molar-refractivity contribution is 0.483. The zero-order chi connectivity index (χ0) is 28.4. The lowest BCUT2D eigenvalue weighted by Crippen LogP contribution is -2.53. The number of pyridine rings is 1. The first-order chi connectivity index (χ1) is 19.3. The second kappa shape index (κ2) is 12.5. The molecule has 2 heterocycles. The minimum atomic E-state index is -1.74. The number of fused-ring (bicyclic) bond motifs is 2. The molecule has 0 unspecified atom stereocenters. The molecule has 1 aliphatic rings. The second-order valence-corrected chi connectivity index (χ2v) is 19.4. The van der Waals surface area contributed by atoms with E-state index < -0.39 is 8.07 Å². The molecule has 1 nitrogen and oxygen atoms in total. The number of nitrogens with zero attached hydrogens (tertiary/aromatic N) is 1. The third-order valence-corrected chi connectivity index (χ3v) is 19.0. The van der Waals surface area contributed by atoms with Crippen LogP contribution in [0.1, 0.15) is 104 Å². The van der Waals surface area contributed by atoms with E-state index in [2.05, 4.69) is 108 Å². The van der Waals surface area contributed by atoms with Crippen LogP contribution in [0.15, 0.2) is 48.7 Å². The quantitative estimate of drug-likeness (QED) is 0.173. The highest BCUT2D eigenvalue weighted by molar-refractivity contribution is 7.32. The van der Waals surface area contributed by atoms with E-state index in [0.29, 0.717) is 5.92 Å². The standard InChI is InChI=1S/C37H51NSSi/c1-8-28(9-2)34-22-30(21-29-15-13-14-18-33(29)34)35-36-32(19-20-38-35)27(7)37(39-36)40(23-25(3)4,24-26(5)6)31-16-11-10-12-17-31/h13-15,18-22,25-26,28,31H,8-12,16-17,23-24H2,1-7H3. The van der Waals surface area contributed by atoms with Crippen LogP contribution in [0.25, 0.3) is 32.1 Å². The maximum absolute atomic E-state index is 5.13. The summed E-state index contributed by atoms with van der Waals surface area (Å²) in [4.78, 5) is 5.13. The Morgan fingerprint density at radius 2 is 1.55 bits per heavy atom. The second-order valence-electron chi connectivity index (χ2n) is 13.6. The van der Waals surface area contributed by atoms with Crippen molar-refractivity contribution in [2.75, 3.05) is 0 Å². The Bertz CT molecular complexity index is 1430. The van der Waals surface area contributed by atoms with E-state index in [1.165, 1.54) is 94.7 Å². The van der Waals surface area contributed by atoms with E-state index in [1.54, 1.807) is 5.56 Å². The summed E-state index contributed by atoms with van der Waals surface area (Å²) in [5.74, 6) is 2.07. The van der Waals surface area contributed by atoms with Gasteiger partial charge in [-0.05, 0) is 105 Å². The first-order valence-electron chi connectivity index (χ1n) is 16.2. The van der Waals surface area contributed by atoms with Crippen LogP contribution in [0.4, 0.5) is 0 Å². The van der Waals surface area contributed by atoms with Crippen molar-refractivity contribution >= 4 is 44.8 Å². The van der Waals surface area contributed by atoms with Crippen molar-refractivity contribution in [3.63, 3.8) is 0 Å². The fourth-order valence-electron chi connectivity index (χ4n) is 8.27. The van der Waals surface area contributed by atoms with Crippen LogP contribution in [0.3, 0.4) is 0 Å². The Balaban J connectivity index is 1.74. The third-order valence-electron chi connectivity index (χ3n) is 9.83. The normalized spacial score (nSPS) is 15.3. The van der Waals surface area contributed by atoms with Gasteiger partial charge < -0.3 is 0 Å². The first-order valence-corrected chi connectivity index (χ1v) is 19.5. The summed E-state index contributed by atoms with van der Waals surface area (Å²) in [6.45, 7) is 17.1. The van der Waals surface area contributed by atoms with Crippen molar-refractivity contribution in [3.05, 3.63) is 59.8 Å². The van der Waals surface area contributed by atoms with Crippen LogP contribution in [0.5, 0.6) is 0 Å². The molecule has 1 saturated carbocycles. The first kappa shape index (κ1) is 29.5. The molecule has 0 saturated heterocycles. The zero-order valence-electron chi connectivity index (χ0n) is 26.1. The molecule has 0 amide bonds. The number of thiophene rings is 1. The highest BCUT2D eigenvalue weighted by atomic mass is 32.1. The molecule has 0 aliphatic heterocycles.